The molecule has 1 unspecified atom stereocenters. The number of methoxy groups -OCH3 is 1. The van der Waals surface area contributed by atoms with Gasteiger partial charge in [0.15, 0.2) is 0 Å². The number of amides is 1. The highest BCUT2D eigenvalue weighted by atomic mass is 35.5. The van der Waals surface area contributed by atoms with E-state index in [1.165, 1.54) is 12.0 Å². The molecular weight excluding hydrogens is 432 g/mol. The van der Waals surface area contributed by atoms with Gasteiger partial charge in [-0.25, -0.2) is 13.2 Å². The Balaban J connectivity index is 1.85. The van der Waals surface area contributed by atoms with Crippen molar-refractivity contribution in [3.8, 4) is 5.75 Å². The Morgan fingerprint density at radius 1 is 1.20 bits per heavy atom. The van der Waals surface area contributed by atoms with Gasteiger partial charge in [0.25, 0.3) is 0 Å². The van der Waals surface area contributed by atoms with Gasteiger partial charge in [0.05, 0.1) is 32.1 Å². The Morgan fingerprint density at radius 2 is 1.87 bits per heavy atom. The number of hydrogen-bond acceptors (Lipinski definition) is 6. The van der Waals surface area contributed by atoms with E-state index in [4.69, 9.17) is 21.1 Å². The zero-order valence-corrected chi connectivity index (χ0v) is 18.0. The molecule has 1 heterocycles. The molecule has 10 heteroatoms. The number of ether oxygens (including phenoxy) is 2. The highest BCUT2D eigenvalue weighted by Crippen LogP contribution is 2.33. The molecule has 1 atom stereocenters. The number of sulfonamides is 1. The fourth-order valence-electron chi connectivity index (χ4n) is 3.04. The van der Waals surface area contributed by atoms with Crippen LogP contribution in [-0.2, 0) is 30.9 Å². The molecule has 30 heavy (non-hydrogen) atoms. The van der Waals surface area contributed by atoms with E-state index in [9.17, 15) is 18.0 Å². The molecule has 3 rings (SSSR count). The highest BCUT2D eigenvalue weighted by Gasteiger charge is 2.35. The number of hydrogen-bond donors (Lipinski definition) is 0. The fraction of sp³-hybridized carbons (Fsp3) is 0.300. The number of carbonyl (C=O) groups is 2. The summed E-state index contributed by atoms with van der Waals surface area (Å²) in [6.07, 6.45) is 0.0394. The average molecular weight is 453 g/mol. The van der Waals surface area contributed by atoms with Crippen molar-refractivity contribution in [1.82, 2.24) is 4.31 Å². The molecule has 160 valence electrons. The maximum atomic E-state index is 13.1. The standard InChI is InChI=1S/C20H21ClN2O6S/c1-28-20(25)18-12-23(16-5-3-4-6-17(16)29-18)19(24)13-22(30(2,26)27)11-14-7-9-15(21)10-8-14/h3-10,18H,11-13H2,1-2H3. The number of halogens is 1. The smallest absolute Gasteiger partial charge is 0.348 e. The molecule has 0 aromatic heterocycles. The van der Waals surface area contributed by atoms with Gasteiger partial charge in [0, 0.05) is 11.6 Å². The SMILES string of the molecule is COC(=O)C1CN(C(=O)CN(Cc2ccc(Cl)cc2)S(C)(=O)=O)c2ccccc2O1. The summed E-state index contributed by atoms with van der Waals surface area (Å²) in [5, 5.41) is 0.527. The molecule has 1 aliphatic heterocycles. The van der Waals surface area contributed by atoms with Crippen molar-refractivity contribution in [2.75, 3.05) is 31.4 Å². The summed E-state index contributed by atoms with van der Waals surface area (Å²) < 4.78 is 36.1. The topological polar surface area (TPSA) is 93.2 Å². The van der Waals surface area contributed by atoms with Crippen molar-refractivity contribution in [2.24, 2.45) is 0 Å². The van der Waals surface area contributed by atoms with Gasteiger partial charge in [0.2, 0.25) is 22.0 Å². The van der Waals surface area contributed by atoms with E-state index in [1.54, 1.807) is 48.5 Å². The van der Waals surface area contributed by atoms with Gasteiger partial charge in [0.1, 0.15) is 5.75 Å². The van der Waals surface area contributed by atoms with Crippen molar-refractivity contribution in [3.05, 3.63) is 59.1 Å². The number of carbonyl (C=O) groups excluding carboxylic acids is 2. The molecular formula is C20H21ClN2O6S. The number of fused-ring (bicyclic) bond motifs is 1. The molecule has 0 fully saturated rings. The molecule has 1 aliphatic rings. The molecule has 0 saturated carbocycles. The van der Waals surface area contributed by atoms with Gasteiger partial charge in [-0.3, -0.25) is 4.79 Å². The third-order valence-electron chi connectivity index (χ3n) is 4.59. The monoisotopic (exact) mass is 452 g/mol. The molecule has 0 N–H and O–H groups in total. The summed E-state index contributed by atoms with van der Waals surface area (Å²) in [7, 11) is -2.46. The molecule has 0 saturated heterocycles. The van der Waals surface area contributed by atoms with Gasteiger partial charge in [-0.15, -0.1) is 0 Å². The van der Waals surface area contributed by atoms with Crippen molar-refractivity contribution in [2.45, 2.75) is 12.6 Å². The van der Waals surface area contributed by atoms with Crippen LogP contribution in [0.1, 0.15) is 5.56 Å². The first-order valence-corrected chi connectivity index (χ1v) is 11.2. The molecule has 0 bridgehead atoms. The zero-order chi connectivity index (χ0) is 21.9. The number of rotatable bonds is 6. The molecule has 2 aromatic rings. The van der Waals surface area contributed by atoms with Crippen molar-refractivity contribution in [3.63, 3.8) is 0 Å². The van der Waals surface area contributed by atoms with Crippen LogP contribution in [0.15, 0.2) is 48.5 Å². The molecule has 8 nitrogen and oxygen atoms in total. The third-order valence-corrected chi connectivity index (χ3v) is 6.04. The molecule has 1 amide bonds. The zero-order valence-electron chi connectivity index (χ0n) is 16.4. The van der Waals surface area contributed by atoms with Crippen molar-refractivity contribution in [1.29, 1.82) is 0 Å². The van der Waals surface area contributed by atoms with Gasteiger partial charge in [-0.05, 0) is 29.8 Å². The molecule has 0 aliphatic carbocycles. The van der Waals surface area contributed by atoms with Crippen LogP contribution < -0.4 is 9.64 Å². The van der Waals surface area contributed by atoms with Crippen LogP contribution in [0.5, 0.6) is 5.75 Å². The molecule has 0 spiro atoms. The third kappa shape index (κ3) is 5.10. The van der Waals surface area contributed by atoms with Crippen LogP contribution in [0.25, 0.3) is 0 Å². The quantitative estimate of drug-likeness (QED) is 0.623. The lowest BCUT2D eigenvalue weighted by Crippen LogP contribution is -2.50. The Kier molecular flexibility index (Phi) is 6.64. The number of para-hydroxylation sites is 2. The summed E-state index contributed by atoms with van der Waals surface area (Å²) in [6.45, 7) is -0.473. The number of nitrogens with zero attached hydrogens (tertiary/aromatic N) is 2. The van der Waals surface area contributed by atoms with Crippen molar-refractivity contribution < 1.29 is 27.5 Å². The van der Waals surface area contributed by atoms with E-state index in [-0.39, 0.29) is 13.1 Å². The number of benzene rings is 2. The summed E-state index contributed by atoms with van der Waals surface area (Å²) >= 11 is 5.88. The summed E-state index contributed by atoms with van der Waals surface area (Å²) in [5.41, 5.74) is 1.15. The molecule has 2 aromatic carbocycles. The van der Waals surface area contributed by atoms with E-state index < -0.39 is 34.5 Å². The first kappa shape index (κ1) is 22.1. The predicted octanol–water partition coefficient (Wildman–Crippen LogP) is 2.07. The van der Waals surface area contributed by atoms with Crippen LogP contribution in [0.3, 0.4) is 0 Å². The lowest BCUT2D eigenvalue weighted by atomic mass is 10.2. The highest BCUT2D eigenvalue weighted by molar-refractivity contribution is 7.88. The van der Waals surface area contributed by atoms with Gasteiger partial charge >= 0.3 is 5.97 Å². The van der Waals surface area contributed by atoms with Crippen LogP contribution in [0, 0.1) is 0 Å². The fourth-order valence-corrected chi connectivity index (χ4v) is 3.90. The average Bonchev–Trinajstić information content (AvgIpc) is 2.72. The maximum Gasteiger partial charge on any atom is 0.348 e. The van der Waals surface area contributed by atoms with Crippen LogP contribution in [-0.4, -0.2) is 57.2 Å². The Hall–Kier alpha value is -2.62. The minimum atomic E-state index is -3.69. The Bertz CT molecular complexity index is 1040. The van der Waals surface area contributed by atoms with Crippen LogP contribution in [0.4, 0.5) is 5.69 Å². The predicted molar refractivity (Wildman–Crippen MR) is 112 cm³/mol. The second-order valence-electron chi connectivity index (χ2n) is 6.76. The Morgan fingerprint density at radius 3 is 2.50 bits per heavy atom. The van der Waals surface area contributed by atoms with Crippen molar-refractivity contribution >= 4 is 39.2 Å². The van der Waals surface area contributed by atoms with Gasteiger partial charge in [-0.1, -0.05) is 35.9 Å². The Labute approximate surface area is 180 Å². The van der Waals surface area contributed by atoms with E-state index in [0.717, 1.165) is 10.6 Å². The summed E-state index contributed by atoms with van der Waals surface area (Å²) in [5.74, 6) is -0.765. The summed E-state index contributed by atoms with van der Waals surface area (Å²) in [4.78, 5) is 26.5. The second-order valence-corrected chi connectivity index (χ2v) is 9.18. The maximum absolute atomic E-state index is 13.1. The van der Waals surface area contributed by atoms with Gasteiger partial charge < -0.3 is 14.4 Å². The second kappa shape index (κ2) is 9.03. The number of anilines is 1. The lowest BCUT2D eigenvalue weighted by Gasteiger charge is -2.34. The lowest BCUT2D eigenvalue weighted by molar-refractivity contribution is -0.148. The number of esters is 1. The van der Waals surface area contributed by atoms with E-state index in [1.807, 2.05) is 0 Å². The van der Waals surface area contributed by atoms with E-state index >= 15 is 0 Å². The molecule has 0 radical (unpaired) electrons. The minimum absolute atomic E-state index is 0.00809. The minimum Gasteiger partial charge on any atom is -0.475 e. The first-order valence-electron chi connectivity index (χ1n) is 9.02. The normalized spacial score (nSPS) is 16.0. The van der Waals surface area contributed by atoms with Crippen LogP contribution in [0.2, 0.25) is 5.02 Å². The largest absolute Gasteiger partial charge is 0.475 e. The van der Waals surface area contributed by atoms with E-state index in [0.29, 0.717) is 22.0 Å². The van der Waals surface area contributed by atoms with Gasteiger partial charge in [-0.2, -0.15) is 4.31 Å². The first-order chi connectivity index (χ1) is 14.2. The summed E-state index contributed by atoms with van der Waals surface area (Å²) in [6, 6.07) is 13.4. The van der Waals surface area contributed by atoms with E-state index in [2.05, 4.69) is 0 Å². The van der Waals surface area contributed by atoms with Crippen LogP contribution >= 0.6 is 11.6 Å².